The number of hydrogen-bond donors (Lipinski definition) is 1. The molecule has 1 aromatic carbocycles. The van der Waals surface area contributed by atoms with Crippen molar-refractivity contribution in [2.75, 3.05) is 13.6 Å². The van der Waals surface area contributed by atoms with E-state index >= 15 is 0 Å². The first-order valence-electron chi connectivity index (χ1n) is 6.42. The summed E-state index contributed by atoms with van der Waals surface area (Å²) in [4.78, 5) is 2.08. The molecule has 0 amide bonds. The summed E-state index contributed by atoms with van der Waals surface area (Å²) in [6, 6.07) is 3.82. The van der Waals surface area contributed by atoms with Crippen LogP contribution in [0, 0.1) is 11.6 Å². The van der Waals surface area contributed by atoms with Gasteiger partial charge in [-0.25, -0.2) is 8.78 Å². The lowest BCUT2D eigenvalue weighted by Gasteiger charge is -2.34. The Kier molecular flexibility index (Phi) is 5.69. The van der Waals surface area contributed by atoms with E-state index < -0.39 is 11.6 Å². The zero-order valence-corrected chi connectivity index (χ0v) is 11.3. The van der Waals surface area contributed by atoms with Crippen molar-refractivity contribution in [2.24, 2.45) is 5.73 Å². The Hall–Kier alpha value is -1.00. The SMILES string of the molecule is CCC(CC)N(C)C(CN)c1ccc(F)cc1F. The highest BCUT2D eigenvalue weighted by Gasteiger charge is 2.23. The Morgan fingerprint density at radius 1 is 1.22 bits per heavy atom. The van der Waals surface area contributed by atoms with E-state index in [0.717, 1.165) is 18.9 Å². The molecule has 0 heterocycles. The predicted molar refractivity (Wildman–Crippen MR) is 70.3 cm³/mol. The molecule has 0 fully saturated rings. The predicted octanol–water partition coefficient (Wildman–Crippen LogP) is 3.09. The first-order chi connectivity index (χ1) is 8.54. The maximum Gasteiger partial charge on any atom is 0.130 e. The summed E-state index contributed by atoms with van der Waals surface area (Å²) in [5, 5.41) is 0. The fourth-order valence-corrected chi connectivity index (χ4v) is 2.40. The van der Waals surface area contributed by atoms with E-state index in [-0.39, 0.29) is 6.04 Å². The maximum atomic E-state index is 13.8. The summed E-state index contributed by atoms with van der Waals surface area (Å²) in [5.74, 6) is -1.08. The highest BCUT2D eigenvalue weighted by atomic mass is 19.1. The van der Waals surface area contributed by atoms with Crippen LogP contribution in [0.15, 0.2) is 18.2 Å². The van der Waals surface area contributed by atoms with Gasteiger partial charge < -0.3 is 5.73 Å². The molecule has 0 spiro atoms. The molecule has 1 rings (SSSR count). The van der Waals surface area contributed by atoms with Crippen molar-refractivity contribution in [3.05, 3.63) is 35.4 Å². The first-order valence-corrected chi connectivity index (χ1v) is 6.42. The van der Waals surface area contributed by atoms with Crippen LogP contribution in [0.2, 0.25) is 0 Å². The average molecular weight is 256 g/mol. The molecule has 0 aliphatic heterocycles. The largest absolute Gasteiger partial charge is 0.329 e. The maximum absolute atomic E-state index is 13.8. The summed E-state index contributed by atoms with van der Waals surface area (Å²) in [7, 11) is 1.94. The molecule has 1 aromatic rings. The van der Waals surface area contributed by atoms with Crippen molar-refractivity contribution in [1.82, 2.24) is 4.90 Å². The minimum atomic E-state index is -0.558. The molecule has 2 nitrogen and oxygen atoms in total. The van der Waals surface area contributed by atoms with Crippen molar-refractivity contribution in [2.45, 2.75) is 38.8 Å². The molecule has 0 aliphatic carbocycles. The van der Waals surface area contributed by atoms with E-state index in [1.165, 1.54) is 12.1 Å². The van der Waals surface area contributed by atoms with Crippen LogP contribution in [0.3, 0.4) is 0 Å². The summed E-state index contributed by atoms with van der Waals surface area (Å²) < 4.78 is 26.7. The van der Waals surface area contributed by atoms with Gasteiger partial charge in [0, 0.05) is 30.3 Å². The lowest BCUT2D eigenvalue weighted by molar-refractivity contribution is 0.164. The zero-order valence-electron chi connectivity index (χ0n) is 11.3. The third kappa shape index (κ3) is 3.27. The van der Waals surface area contributed by atoms with Crippen LogP contribution >= 0.6 is 0 Å². The summed E-state index contributed by atoms with van der Waals surface area (Å²) in [6.45, 7) is 4.51. The zero-order chi connectivity index (χ0) is 13.7. The molecule has 0 aliphatic rings. The van der Waals surface area contributed by atoms with Gasteiger partial charge in [0.15, 0.2) is 0 Å². The number of rotatable bonds is 6. The molecule has 2 N–H and O–H groups in total. The summed E-state index contributed by atoms with van der Waals surface area (Å²) >= 11 is 0. The van der Waals surface area contributed by atoms with Crippen LogP contribution in [-0.4, -0.2) is 24.5 Å². The van der Waals surface area contributed by atoms with E-state index in [2.05, 4.69) is 18.7 Å². The topological polar surface area (TPSA) is 29.3 Å². The highest BCUT2D eigenvalue weighted by Crippen LogP contribution is 2.25. The summed E-state index contributed by atoms with van der Waals surface area (Å²) in [5.41, 5.74) is 6.22. The van der Waals surface area contributed by atoms with Gasteiger partial charge in [-0.05, 0) is 26.0 Å². The number of nitrogens with two attached hydrogens (primary N) is 1. The van der Waals surface area contributed by atoms with Gasteiger partial charge in [0.2, 0.25) is 0 Å². The Labute approximate surface area is 108 Å². The van der Waals surface area contributed by atoms with Crippen molar-refractivity contribution >= 4 is 0 Å². The number of benzene rings is 1. The van der Waals surface area contributed by atoms with Crippen molar-refractivity contribution in [3.63, 3.8) is 0 Å². The fraction of sp³-hybridized carbons (Fsp3) is 0.571. The molecule has 1 unspecified atom stereocenters. The highest BCUT2D eigenvalue weighted by molar-refractivity contribution is 5.22. The standard InChI is InChI=1S/C14H22F2N2/c1-4-11(5-2)18(3)14(9-17)12-7-6-10(15)8-13(12)16/h6-8,11,14H,4-5,9,17H2,1-3H3. The summed E-state index contributed by atoms with van der Waals surface area (Å²) in [6.07, 6.45) is 1.96. The molecule has 0 saturated carbocycles. The lowest BCUT2D eigenvalue weighted by Crippen LogP contribution is -2.38. The van der Waals surface area contributed by atoms with Gasteiger partial charge in [-0.1, -0.05) is 19.9 Å². The van der Waals surface area contributed by atoms with Gasteiger partial charge in [-0.3, -0.25) is 4.90 Å². The van der Waals surface area contributed by atoms with Crippen LogP contribution < -0.4 is 5.73 Å². The van der Waals surface area contributed by atoms with Gasteiger partial charge in [0.1, 0.15) is 11.6 Å². The third-order valence-electron chi connectivity index (χ3n) is 3.55. The van der Waals surface area contributed by atoms with Gasteiger partial charge in [0.25, 0.3) is 0 Å². The van der Waals surface area contributed by atoms with E-state index in [1.807, 2.05) is 7.05 Å². The van der Waals surface area contributed by atoms with E-state index in [0.29, 0.717) is 18.2 Å². The number of likely N-dealkylation sites (N-methyl/N-ethyl adjacent to an activating group) is 1. The van der Waals surface area contributed by atoms with Crippen LogP contribution in [0.5, 0.6) is 0 Å². The van der Waals surface area contributed by atoms with Crippen LogP contribution in [0.25, 0.3) is 0 Å². The molecule has 102 valence electrons. The van der Waals surface area contributed by atoms with Crippen LogP contribution in [0.1, 0.15) is 38.3 Å². The minimum absolute atomic E-state index is 0.213. The van der Waals surface area contributed by atoms with Gasteiger partial charge in [0.05, 0.1) is 0 Å². The molecule has 0 bridgehead atoms. The number of halogens is 2. The lowest BCUT2D eigenvalue weighted by atomic mass is 10.0. The average Bonchev–Trinajstić information content (AvgIpc) is 2.34. The Morgan fingerprint density at radius 2 is 1.83 bits per heavy atom. The van der Waals surface area contributed by atoms with E-state index in [4.69, 9.17) is 5.73 Å². The Balaban J connectivity index is 3.01. The molecule has 18 heavy (non-hydrogen) atoms. The number of nitrogens with zero attached hydrogens (tertiary/aromatic N) is 1. The third-order valence-corrected chi connectivity index (χ3v) is 3.55. The molecule has 1 atom stereocenters. The quantitative estimate of drug-likeness (QED) is 0.847. The first kappa shape index (κ1) is 15.1. The van der Waals surface area contributed by atoms with Crippen molar-refractivity contribution < 1.29 is 8.78 Å². The molecule has 4 heteroatoms. The molecule has 0 radical (unpaired) electrons. The van der Waals surface area contributed by atoms with Gasteiger partial charge in [-0.15, -0.1) is 0 Å². The smallest absolute Gasteiger partial charge is 0.130 e. The second-order valence-electron chi connectivity index (χ2n) is 4.55. The fourth-order valence-electron chi connectivity index (χ4n) is 2.40. The van der Waals surface area contributed by atoms with Crippen LogP contribution in [-0.2, 0) is 0 Å². The second kappa shape index (κ2) is 6.81. The molecule has 0 saturated heterocycles. The monoisotopic (exact) mass is 256 g/mol. The number of hydrogen-bond acceptors (Lipinski definition) is 2. The molecular weight excluding hydrogens is 234 g/mol. The van der Waals surface area contributed by atoms with Crippen molar-refractivity contribution in [1.29, 1.82) is 0 Å². The Bertz CT molecular complexity index is 378. The van der Waals surface area contributed by atoms with Crippen molar-refractivity contribution in [3.8, 4) is 0 Å². The molecule has 0 aromatic heterocycles. The van der Waals surface area contributed by atoms with Gasteiger partial charge >= 0.3 is 0 Å². The minimum Gasteiger partial charge on any atom is -0.329 e. The van der Waals surface area contributed by atoms with E-state index in [9.17, 15) is 8.78 Å². The normalized spacial score (nSPS) is 13.3. The molecular formula is C14H22F2N2. The Morgan fingerprint density at radius 3 is 2.28 bits per heavy atom. The second-order valence-corrected chi connectivity index (χ2v) is 4.55. The van der Waals surface area contributed by atoms with E-state index in [1.54, 1.807) is 0 Å². The van der Waals surface area contributed by atoms with Gasteiger partial charge in [-0.2, -0.15) is 0 Å². The van der Waals surface area contributed by atoms with Crippen LogP contribution in [0.4, 0.5) is 8.78 Å².